The van der Waals surface area contributed by atoms with Gasteiger partial charge in [0.2, 0.25) is 17.8 Å². The van der Waals surface area contributed by atoms with E-state index in [2.05, 4.69) is 41.1 Å². The maximum atomic E-state index is 11.1. The second-order valence-corrected chi connectivity index (χ2v) is 3.62. The van der Waals surface area contributed by atoms with E-state index >= 15 is 0 Å². The maximum absolute atomic E-state index is 11.1. The first-order valence-electron chi connectivity index (χ1n) is 5.75. The van der Waals surface area contributed by atoms with E-state index in [-0.39, 0.29) is 23.8 Å². The van der Waals surface area contributed by atoms with Gasteiger partial charge in [0.1, 0.15) is 12.7 Å². The van der Waals surface area contributed by atoms with E-state index in [0.717, 1.165) is 0 Å². The number of anilines is 2. The minimum absolute atomic E-state index is 0.0831. The molecule has 1 amide bonds. The van der Waals surface area contributed by atoms with Crippen LogP contribution in [-0.4, -0.2) is 49.2 Å². The highest BCUT2D eigenvalue weighted by Crippen LogP contribution is 2.07. The van der Waals surface area contributed by atoms with Gasteiger partial charge in [0, 0.05) is 20.0 Å². The summed E-state index contributed by atoms with van der Waals surface area (Å²) < 4.78 is 1.37. The lowest BCUT2D eigenvalue weighted by molar-refractivity contribution is -0.120. The molecule has 0 saturated carbocycles. The summed E-state index contributed by atoms with van der Waals surface area (Å²) in [5.74, 6) is 5.93. The molecule has 0 aliphatic heterocycles. The van der Waals surface area contributed by atoms with Gasteiger partial charge in [0.05, 0.1) is 0 Å². The van der Waals surface area contributed by atoms with Gasteiger partial charge in [0.15, 0.2) is 0 Å². The Hall–Kier alpha value is -2.82. The van der Waals surface area contributed by atoms with E-state index in [1.165, 1.54) is 17.3 Å². The van der Waals surface area contributed by atoms with Crippen molar-refractivity contribution in [1.29, 1.82) is 0 Å². The summed E-state index contributed by atoms with van der Waals surface area (Å²) in [6.07, 6.45) is 3.11. The Labute approximate surface area is 114 Å². The molecule has 0 fully saturated rings. The van der Waals surface area contributed by atoms with E-state index in [1.54, 1.807) is 7.05 Å². The van der Waals surface area contributed by atoms with Crippen LogP contribution in [0.2, 0.25) is 0 Å². The zero-order valence-corrected chi connectivity index (χ0v) is 10.7. The first-order valence-corrected chi connectivity index (χ1v) is 5.75. The lowest BCUT2D eigenvalue weighted by Crippen LogP contribution is -2.22. The number of nitrogen functional groups attached to an aromatic ring is 1. The summed E-state index contributed by atoms with van der Waals surface area (Å²) in [7, 11) is 1.57. The van der Waals surface area contributed by atoms with Gasteiger partial charge in [-0.05, 0) is 0 Å². The smallest absolute Gasteiger partial charge is 0.258 e. The highest BCUT2D eigenvalue weighted by Gasteiger charge is 2.08. The van der Waals surface area contributed by atoms with Crippen LogP contribution in [-0.2, 0) is 4.79 Å². The quantitative estimate of drug-likeness (QED) is 0.357. The number of aromatic nitrogens is 6. The molecule has 0 aliphatic rings. The third-order valence-electron chi connectivity index (χ3n) is 2.29. The fraction of sp³-hybridized carbons (Fsp3) is 0.333. The third kappa shape index (κ3) is 3.35. The maximum Gasteiger partial charge on any atom is 0.258 e. The van der Waals surface area contributed by atoms with Crippen molar-refractivity contribution in [2.45, 2.75) is 6.42 Å². The normalized spacial score (nSPS) is 10.1. The summed E-state index contributed by atoms with van der Waals surface area (Å²) in [6.45, 7) is 0.379. The number of nitrogens with zero attached hydrogens (tertiary/aromatic N) is 6. The molecule has 0 unspecified atom stereocenters. The number of hydrazine groups is 1. The molecule has 11 nitrogen and oxygen atoms in total. The van der Waals surface area contributed by atoms with Crippen molar-refractivity contribution in [1.82, 2.24) is 35.0 Å². The monoisotopic (exact) mass is 278 g/mol. The molecule has 5 N–H and O–H groups in total. The predicted molar refractivity (Wildman–Crippen MR) is 69.7 cm³/mol. The van der Waals surface area contributed by atoms with Crippen molar-refractivity contribution in [2.24, 2.45) is 5.84 Å². The molecule has 0 saturated heterocycles. The second kappa shape index (κ2) is 6.38. The molecule has 0 radical (unpaired) electrons. The lowest BCUT2D eigenvalue weighted by atomic mass is 10.4. The van der Waals surface area contributed by atoms with Crippen LogP contribution in [0.15, 0.2) is 12.7 Å². The molecule has 20 heavy (non-hydrogen) atoms. The summed E-state index contributed by atoms with van der Waals surface area (Å²) in [4.78, 5) is 27.1. The Morgan fingerprint density at radius 2 is 2.15 bits per heavy atom. The van der Waals surface area contributed by atoms with Crippen LogP contribution in [0.1, 0.15) is 6.42 Å². The van der Waals surface area contributed by atoms with E-state index in [1.807, 2.05) is 0 Å². The standard InChI is InChI=1S/C9H14N10O/c1-11-6(20)2-3-13-7-15-8(18-10)17-9(16-7)19-5-12-4-14-19/h4-5H,2-3,10H2,1H3,(H,11,20)(H2,13,15,16,17,18). The minimum Gasteiger partial charge on any atom is -0.359 e. The van der Waals surface area contributed by atoms with Crippen molar-refractivity contribution < 1.29 is 4.79 Å². The summed E-state index contributed by atoms with van der Waals surface area (Å²) in [5, 5.41) is 9.34. The average Bonchev–Trinajstić information content (AvgIpc) is 3.01. The van der Waals surface area contributed by atoms with E-state index in [0.29, 0.717) is 13.0 Å². The minimum atomic E-state index is -0.0831. The van der Waals surface area contributed by atoms with Crippen LogP contribution in [0, 0.1) is 0 Å². The molecular formula is C9H14N10O. The third-order valence-corrected chi connectivity index (χ3v) is 2.29. The summed E-state index contributed by atoms with van der Waals surface area (Å²) >= 11 is 0. The highest BCUT2D eigenvalue weighted by atomic mass is 16.1. The molecule has 0 atom stereocenters. The molecule has 0 aliphatic carbocycles. The second-order valence-electron chi connectivity index (χ2n) is 3.62. The highest BCUT2D eigenvalue weighted by molar-refractivity contribution is 5.75. The van der Waals surface area contributed by atoms with Crippen molar-refractivity contribution in [3.63, 3.8) is 0 Å². The van der Waals surface area contributed by atoms with Gasteiger partial charge in [-0.3, -0.25) is 10.2 Å². The Morgan fingerprint density at radius 3 is 2.80 bits per heavy atom. The van der Waals surface area contributed by atoms with Crippen LogP contribution in [0.25, 0.3) is 5.95 Å². The Morgan fingerprint density at radius 1 is 1.35 bits per heavy atom. The summed E-state index contributed by atoms with van der Waals surface area (Å²) in [6, 6.07) is 0. The van der Waals surface area contributed by atoms with Crippen LogP contribution >= 0.6 is 0 Å². The average molecular weight is 278 g/mol. The van der Waals surface area contributed by atoms with Crippen LogP contribution in [0.3, 0.4) is 0 Å². The van der Waals surface area contributed by atoms with Crippen molar-refractivity contribution in [2.75, 3.05) is 24.3 Å². The molecule has 2 rings (SSSR count). The van der Waals surface area contributed by atoms with Gasteiger partial charge in [-0.15, -0.1) is 0 Å². The van der Waals surface area contributed by atoms with Crippen molar-refractivity contribution >= 4 is 17.8 Å². The largest absolute Gasteiger partial charge is 0.359 e. The number of carbonyl (C=O) groups is 1. The molecule has 2 aromatic heterocycles. The van der Waals surface area contributed by atoms with Gasteiger partial charge in [-0.1, -0.05) is 0 Å². The van der Waals surface area contributed by atoms with Gasteiger partial charge < -0.3 is 10.6 Å². The molecule has 0 spiro atoms. The number of rotatable bonds is 6. The first kappa shape index (κ1) is 13.6. The lowest BCUT2D eigenvalue weighted by Gasteiger charge is -2.07. The molecule has 0 bridgehead atoms. The van der Waals surface area contributed by atoms with Gasteiger partial charge in [-0.2, -0.15) is 24.7 Å². The van der Waals surface area contributed by atoms with E-state index in [9.17, 15) is 4.79 Å². The zero-order valence-electron chi connectivity index (χ0n) is 10.7. The Kier molecular flexibility index (Phi) is 4.34. The molecule has 0 aromatic carbocycles. The topological polar surface area (TPSA) is 149 Å². The number of nitrogens with one attached hydrogen (secondary N) is 3. The van der Waals surface area contributed by atoms with Crippen LogP contribution in [0.5, 0.6) is 0 Å². The number of hydrogen-bond acceptors (Lipinski definition) is 9. The first-order chi connectivity index (χ1) is 9.72. The Bertz CT molecular complexity index is 568. The van der Waals surface area contributed by atoms with Gasteiger partial charge in [-0.25, -0.2) is 10.8 Å². The number of nitrogens with two attached hydrogens (primary N) is 1. The molecule has 11 heteroatoms. The summed E-state index contributed by atoms with van der Waals surface area (Å²) in [5.41, 5.74) is 2.34. The Balaban J connectivity index is 2.12. The fourth-order valence-electron chi connectivity index (χ4n) is 1.34. The molecule has 2 aromatic rings. The van der Waals surface area contributed by atoms with E-state index < -0.39 is 0 Å². The van der Waals surface area contributed by atoms with Crippen molar-refractivity contribution in [3.05, 3.63) is 12.7 Å². The van der Waals surface area contributed by atoms with E-state index in [4.69, 9.17) is 5.84 Å². The SMILES string of the molecule is CNC(=O)CCNc1nc(NN)nc(-n2cncn2)n1. The number of hydrogen-bond donors (Lipinski definition) is 4. The number of amides is 1. The molecule has 2 heterocycles. The molecular weight excluding hydrogens is 264 g/mol. The van der Waals surface area contributed by atoms with Crippen LogP contribution in [0.4, 0.5) is 11.9 Å². The predicted octanol–water partition coefficient (Wildman–Crippen LogP) is -1.71. The number of carbonyl (C=O) groups excluding carboxylic acids is 1. The van der Waals surface area contributed by atoms with Gasteiger partial charge >= 0.3 is 0 Å². The van der Waals surface area contributed by atoms with Gasteiger partial charge in [0.25, 0.3) is 5.95 Å². The molecule has 106 valence electrons. The van der Waals surface area contributed by atoms with Crippen LogP contribution < -0.4 is 21.9 Å². The zero-order chi connectivity index (χ0) is 14.4. The van der Waals surface area contributed by atoms with Crippen molar-refractivity contribution in [3.8, 4) is 5.95 Å². The fourth-order valence-corrected chi connectivity index (χ4v) is 1.34.